The molecule has 11 heteroatoms. The second-order valence-electron chi connectivity index (χ2n) is 16.4. The summed E-state index contributed by atoms with van der Waals surface area (Å²) >= 11 is 1.82. The van der Waals surface area contributed by atoms with Crippen LogP contribution in [0.15, 0.2) is 158 Å². The van der Waals surface area contributed by atoms with Gasteiger partial charge in [-0.15, -0.1) is 11.3 Å². The molecule has 5 aromatic heterocycles. The first kappa shape index (κ1) is 39.2. The molecular weight excluding hydrogens is 833 g/mol. The summed E-state index contributed by atoms with van der Waals surface area (Å²) in [6.07, 6.45) is 0. The molecule has 12 rings (SSSR count). The fraction of sp³-hybridized carbons (Fsp3) is 0.0727. The fourth-order valence-corrected chi connectivity index (χ4v) is 10.3. The number of nitrogens with zero attached hydrogens (tertiary/aromatic N) is 10. The molecule has 0 aliphatic heterocycles. The number of fused-ring (bicyclic) bond motifs is 6. The van der Waals surface area contributed by atoms with E-state index >= 15 is 0 Å². The van der Waals surface area contributed by atoms with Crippen LogP contribution in [0.5, 0.6) is 0 Å². The van der Waals surface area contributed by atoms with Crippen molar-refractivity contribution in [1.29, 1.82) is 0 Å². The first-order valence-electron chi connectivity index (χ1n) is 21.7. The monoisotopic (exact) mass is 870 g/mol. The molecule has 0 saturated heterocycles. The largest absolute Gasteiger partial charge is 0.308 e. The molecule has 0 bridgehead atoms. The Balaban J connectivity index is 1.16. The Hall–Kier alpha value is -8.41. The van der Waals surface area contributed by atoms with E-state index in [2.05, 4.69) is 112 Å². The van der Waals surface area contributed by atoms with Gasteiger partial charge in [0.1, 0.15) is 23.3 Å². The lowest BCUT2D eigenvalue weighted by molar-refractivity contribution is 0.928. The Kier molecular flexibility index (Phi) is 9.32. The van der Waals surface area contributed by atoms with E-state index in [4.69, 9.17) is 34.9 Å². The third-order valence-corrected chi connectivity index (χ3v) is 13.1. The molecular formula is C55H38N10S. The molecule has 66 heavy (non-hydrogen) atoms. The molecule has 0 atom stereocenters. The molecule has 10 nitrogen and oxygen atoms in total. The molecule has 0 aliphatic rings. The van der Waals surface area contributed by atoms with Gasteiger partial charge in [0.2, 0.25) is 0 Å². The highest BCUT2D eigenvalue weighted by atomic mass is 32.1. The first-order chi connectivity index (χ1) is 32.3. The van der Waals surface area contributed by atoms with Gasteiger partial charge in [-0.25, -0.2) is 44.9 Å². The highest BCUT2D eigenvalue weighted by Gasteiger charge is 2.23. The van der Waals surface area contributed by atoms with Gasteiger partial charge >= 0.3 is 0 Å². The van der Waals surface area contributed by atoms with Crippen LogP contribution in [0.25, 0.3) is 116 Å². The molecule has 0 N–H and O–H groups in total. The molecule has 0 amide bonds. The maximum Gasteiger partial charge on any atom is 0.166 e. The number of benzene rings is 7. The van der Waals surface area contributed by atoms with E-state index in [1.54, 1.807) is 0 Å². The average molecular weight is 871 g/mol. The summed E-state index contributed by atoms with van der Waals surface area (Å²) in [4.78, 5) is 43.7. The second kappa shape index (κ2) is 15.7. The summed E-state index contributed by atoms with van der Waals surface area (Å²) in [6.45, 7) is 7.59. The van der Waals surface area contributed by atoms with Crippen LogP contribution >= 0.6 is 11.3 Å². The Bertz CT molecular complexity index is 3670. The molecule has 12 aromatic rings. The predicted octanol–water partition coefficient (Wildman–Crippen LogP) is 12.9. The highest BCUT2D eigenvalue weighted by molar-refractivity contribution is 7.26. The number of rotatable bonds is 7. The topological polar surface area (TPSA) is 121 Å². The van der Waals surface area contributed by atoms with Crippen molar-refractivity contribution in [2.75, 3.05) is 0 Å². The Labute approximate surface area is 383 Å². The number of hydrogen-bond acceptors (Lipinski definition) is 10. The van der Waals surface area contributed by atoms with E-state index in [1.807, 2.05) is 99.7 Å². The zero-order valence-corrected chi connectivity index (χ0v) is 37.2. The SMILES string of the molecule is Cc1nc(C)nc(-c2ccc3c(c2)c2cc(-c4nc(C)nc(C)n4)ccc2n3-c2ccc(-c3cccc4c3sc3ccccc34)cc2-c2nc(-c3ccccc3)nc(-c3ccccc3)n2)n1. The van der Waals surface area contributed by atoms with E-state index in [1.165, 1.54) is 20.2 Å². The third kappa shape index (κ3) is 6.84. The lowest BCUT2D eigenvalue weighted by Crippen LogP contribution is -2.04. The molecule has 0 unspecified atom stereocenters. The molecule has 0 fully saturated rings. The van der Waals surface area contributed by atoms with E-state index in [0.717, 1.165) is 66.4 Å². The molecule has 314 valence electrons. The zero-order valence-electron chi connectivity index (χ0n) is 36.4. The van der Waals surface area contributed by atoms with E-state index < -0.39 is 0 Å². The van der Waals surface area contributed by atoms with Crippen LogP contribution in [0, 0.1) is 27.7 Å². The third-order valence-electron chi connectivity index (χ3n) is 11.9. The standard InChI is InChI=1S/C55H38N10S/c1-31-56-32(2)59-53(58-31)38-23-26-46-43(29-38)44-30-39(54-60-33(3)57-34(4)61-54)24-27-47(44)65(46)48-25-22-37(40-19-13-20-42-41-18-11-12-21-49(41)66-50(40)42)28-45(48)55-63-51(35-14-7-5-8-15-35)62-52(64-55)36-16-9-6-10-17-36/h5-30H,1-4H3. The van der Waals surface area contributed by atoms with Gasteiger partial charge < -0.3 is 4.57 Å². The fourth-order valence-electron chi connectivity index (χ4n) is 9.03. The van der Waals surface area contributed by atoms with Gasteiger partial charge in [-0.1, -0.05) is 103 Å². The van der Waals surface area contributed by atoms with Crippen molar-refractivity contribution >= 4 is 53.3 Å². The van der Waals surface area contributed by atoms with Crippen molar-refractivity contribution in [2.24, 2.45) is 0 Å². The van der Waals surface area contributed by atoms with Crippen LogP contribution in [0.1, 0.15) is 23.3 Å². The predicted molar refractivity (Wildman–Crippen MR) is 265 cm³/mol. The smallest absolute Gasteiger partial charge is 0.166 e. The molecule has 0 radical (unpaired) electrons. The van der Waals surface area contributed by atoms with Crippen LogP contribution in [0.3, 0.4) is 0 Å². The molecule has 0 spiro atoms. The maximum atomic E-state index is 5.32. The molecule has 0 aliphatic carbocycles. The van der Waals surface area contributed by atoms with Crippen molar-refractivity contribution < 1.29 is 0 Å². The quantitative estimate of drug-likeness (QED) is 0.154. The van der Waals surface area contributed by atoms with Crippen LogP contribution in [0.4, 0.5) is 0 Å². The molecule has 7 aromatic carbocycles. The van der Waals surface area contributed by atoms with Crippen molar-refractivity contribution in [3.63, 3.8) is 0 Å². The summed E-state index contributed by atoms with van der Waals surface area (Å²) in [5.41, 5.74) is 9.49. The zero-order chi connectivity index (χ0) is 44.5. The normalized spacial score (nSPS) is 11.6. The minimum atomic E-state index is 0.554. The van der Waals surface area contributed by atoms with Gasteiger partial charge in [-0.05, 0) is 93.4 Å². The summed E-state index contributed by atoms with van der Waals surface area (Å²) < 4.78 is 4.80. The van der Waals surface area contributed by atoms with Crippen LogP contribution in [0.2, 0.25) is 0 Å². The maximum absolute atomic E-state index is 5.32. The highest BCUT2D eigenvalue weighted by Crippen LogP contribution is 2.44. The van der Waals surface area contributed by atoms with Crippen molar-refractivity contribution in [3.05, 3.63) is 181 Å². The second-order valence-corrected chi connectivity index (χ2v) is 17.4. The summed E-state index contributed by atoms with van der Waals surface area (Å²) in [5.74, 6) is 5.64. The van der Waals surface area contributed by atoms with Crippen molar-refractivity contribution in [3.8, 4) is 73.8 Å². The van der Waals surface area contributed by atoms with E-state index in [9.17, 15) is 0 Å². The van der Waals surface area contributed by atoms with Crippen LogP contribution in [-0.4, -0.2) is 49.4 Å². The van der Waals surface area contributed by atoms with E-state index in [-0.39, 0.29) is 0 Å². The average Bonchev–Trinajstić information content (AvgIpc) is 3.89. The first-order valence-corrected chi connectivity index (χ1v) is 22.5. The minimum absolute atomic E-state index is 0.554. The van der Waals surface area contributed by atoms with Crippen molar-refractivity contribution in [2.45, 2.75) is 27.7 Å². The number of thiophene rings is 1. The van der Waals surface area contributed by atoms with Gasteiger partial charge in [0.15, 0.2) is 29.1 Å². The summed E-state index contributed by atoms with van der Waals surface area (Å²) in [7, 11) is 0. The molecule has 5 heterocycles. The van der Waals surface area contributed by atoms with Gasteiger partial charge in [0.05, 0.1) is 16.7 Å². The van der Waals surface area contributed by atoms with Gasteiger partial charge in [0, 0.05) is 58.8 Å². The minimum Gasteiger partial charge on any atom is -0.308 e. The van der Waals surface area contributed by atoms with Gasteiger partial charge in [-0.3, -0.25) is 0 Å². The Morgan fingerprint density at radius 3 is 1.39 bits per heavy atom. The Morgan fingerprint density at radius 2 is 0.818 bits per heavy atom. The van der Waals surface area contributed by atoms with Crippen molar-refractivity contribution in [1.82, 2.24) is 49.4 Å². The van der Waals surface area contributed by atoms with Gasteiger partial charge in [-0.2, -0.15) is 0 Å². The van der Waals surface area contributed by atoms with Crippen LogP contribution in [-0.2, 0) is 0 Å². The lowest BCUT2D eigenvalue weighted by Gasteiger charge is -2.17. The summed E-state index contributed by atoms with van der Waals surface area (Å²) in [5, 5.41) is 4.51. The Morgan fingerprint density at radius 1 is 0.333 bits per heavy atom. The van der Waals surface area contributed by atoms with Crippen LogP contribution < -0.4 is 0 Å². The number of hydrogen-bond donors (Lipinski definition) is 0. The molecule has 0 saturated carbocycles. The number of aromatic nitrogens is 10. The summed E-state index contributed by atoms with van der Waals surface area (Å²) in [6, 6.07) is 55.0. The van der Waals surface area contributed by atoms with Gasteiger partial charge in [0.25, 0.3) is 0 Å². The van der Waals surface area contributed by atoms with E-state index in [0.29, 0.717) is 52.4 Å². The lowest BCUT2D eigenvalue weighted by atomic mass is 9.99. The number of aryl methyl sites for hydroxylation is 4.